The minimum Gasteiger partial charge on any atom is -0.465 e. The second-order valence-corrected chi connectivity index (χ2v) is 7.90. The predicted octanol–water partition coefficient (Wildman–Crippen LogP) is 3.68. The molecule has 0 spiro atoms. The number of aromatic nitrogens is 5. The molecule has 0 aliphatic heterocycles. The van der Waals surface area contributed by atoms with Crippen molar-refractivity contribution in [1.29, 1.82) is 0 Å². The number of rotatable bonds is 5. The molecule has 5 aromatic rings. The van der Waals surface area contributed by atoms with E-state index >= 15 is 0 Å². The van der Waals surface area contributed by atoms with E-state index in [0.717, 1.165) is 33.4 Å². The Morgan fingerprint density at radius 2 is 1.85 bits per heavy atom. The van der Waals surface area contributed by atoms with Gasteiger partial charge in [-0.3, -0.25) is 18.9 Å². The molecule has 8 heteroatoms. The summed E-state index contributed by atoms with van der Waals surface area (Å²) in [6, 6.07) is 13.5. The first-order valence-corrected chi connectivity index (χ1v) is 10.8. The molecule has 4 heterocycles. The second-order valence-electron chi connectivity index (χ2n) is 7.90. The highest BCUT2D eigenvalue weighted by Crippen LogP contribution is 2.27. The lowest BCUT2D eigenvalue weighted by atomic mass is 10.1. The number of esters is 1. The number of aryl methyl sites for hydroxylation is 2. The Morgan fingerprint density at radius 1 is 1.03 bits per heavy atom. The molecule has 5 rings (SSSR count). The molecule has 1 aromatic carbocycles. The summed E-state index contributed by atoms with van der Waals surface area (Å²) < 4.78 is 9.97. The minimum absolute atomic E-state index is 0.146. The first-order chi connectivity index (χ1) is 16.0. The third-order valence-corrected chi connectivity index (χ3v) is 5.77. The van der Waals surface area contributed by atoms with E-state index in [1.54, 1.807) is 28.4 Å². The van der Waals surface area contributed by atoms with Gasteiger partial charge in [-0.15, -0.1) is 0 Å². The number of ether oxygens (including phenoxy) is 1. The van der Waals surface area contributed by atoms with Crippen LogP contribution in [-0.4, -0.2) is 36.3 Å². The lowest BCUT2D eigenvalue weighted by Crippen LogP contribution is -2.27. The average Bonchev–Trinajstić information content (AvgIpc) is 3.35. The fraction of sp³-hybridized carbons (Fsp3) is 0.200. The lowest BCUT2D eigenvalue weighted by Gasteiger charge is -2.10. The predicted molar refractivity (Wildman–Crippen MR) is 126 cm³/mol. The number of pyridine rings is 2. The standard InChI is InChI=1S/C25H23N5O3/c1-4-33-23(31)15-28-21-10-7-8-16(2)24(21)30(25(28)32)22-14-26-19(12-17(22)3)18-13-27-29-11-6-5-9-20(18)29/h5-14H,4,15H2,1-3H3. The van der Waals surface area contributed by atoms with E-state index in [2.05, 4.69) is 10.1 Å². The van der Waals surface area contributed by atoms with Crippen LogP contribution >= 0.6 is 0 Å². The van der Waals surface area contributed by atoms with Gasteiger partial charge in [0.25, 0.3) is 0 Å². The van der Waals surface area contributed by atoms with Crippen LogP contribution in [0.15, 0.2) is 65.8 Å². The summed E-state index contributed by atoms with van der Waals surface area (Å²) in [5, 5.41) is 4.39. The molecule has 0 saturated heterocycles. The zero-order chi connectivity index (χ0) is 23.1. The van der Waals surface area contributed by atoms with Gasteiger partial charge in [0.2, 0.25) is 0 Å². The highest BCUT2D eigenvalue weighted by Gasteiger charge is 2.20. The first-order valence-electron chi connectivity index (χ1n) is 10.8. The molecule has 0 atom stereocenters. The molecule has 0 amide bonds. The van der Waals surface area contributed by atoms with Gasteiger partial charge in [0.1, 0.15) is 6.54 Å². The molecule has 0 N–H and O–H groups in total. The van der Waals surface area contributed by atoms with Gasteiger partial charge >= 0.3 is 11.7 Å². The molecule has 166 valence electrons. The largest absolute Gasteiger partial charge is 0.465 e. The maximum Gasteiger partial charge on any atom is 0.334 e. The van der Waals surface area contributed by atoms with Gasteiger partial charge in [0.15, 0.2) is 0 Å². The monoisotopic (exact) mass is 441 g/mol. The Morgan fingerprint density at radius 3 is 2.64 bits per heavy atom. The summed E-state index contributed by atoms with van der Waals surface area (Å²) >= 11 is 0. The Hall–Kier alpha value is -4.20. The van der Waals surface area contributed by atoms with Crippen molar-refractivity contribution in [3.05, 3.63) is 82.7 Å². The van der Waals surface area contributed by atoms with Gasteiger partial charge in [-0.1, -0.05) is 18.2 Å². The Balaban J connectivity index is 1.67. The van der Waals surface area contributed by atoms with Crippen LogP contribution in [-0.2, 0) is 16.1 Å². The minimum atomic E-state index is -0.446. The van der Waals surface area contributed by atoms with E-state index in [1.165, 1.54) is 4.57 Å². The quantitative estimate of drug-likeness (QED) is 0.389. The molecule has 0 aliphatic rings. The normalized spacial score (nSPS) is 11.4. The smallest absolute Gasteiger partial charge is 0.334 e. The molecule has 0 bridgehead atoms. The number of fused-ring (bicyclic) bond motifs is 2. The van der Waals surface area contributed by atoms with Gasteiger partial charge in [0.05, 0.1) is 46.9 Å². The lowest BCUT2D eigenvalue weighted by molar-refractivity contribution is -0.143. The van der Waals surface area contributed by atoms with Crippen molar-refractivity contribution in [2.75, 3.05) is 6.61 Å². The molecule has 0 aliphatic carbocycles. The number of benzene rings is 1. The van der Waals surface area contributed by atoms with Crippen molar-refractivity contribution >= 4 is 22.5 Å². The van der Waals surface area contributed by atoms with Crippen LogP contribution in [0.4, 0.5) is 0 Å². The van der Waals surface area contributed by atoms with E-state index in [4.69, 9.17) is 4.74 Å². The second kappa shape index (κ2) is 8.05. The van der Waals surface area contributed by atoms with E-state index in [9.17, 15) is 9.59 Å². The number of imidazole rings is 1. The fourth-order valence-corrected chi connectivity index (χ4v) is 4.25. The highest BCUT2D eigenvalue weighted by molar-refractivity contribution is 5.84. The third kappa shape index (κ3) is 3.40. The summed E-state index contributed by atoms with van der Waals surface area (Å²) in [6.07, 6.45) is 5.39. The molecule has 0 saturated carbocycles. The van der Waals surface area contributed by atoms with Gasteiger partial charge < -0.3 is 4.74 Å². The van der Waals surface area contributed by atoms with Crippen LogP contribution in [0.1, 0.15) is 18.1 Å². The summed E-state index contributed by atoms with van der Waals surface area (Å²) in [7, 11) is 0. The molecule has 0 fully saturated rings. The average molecular weight is 441 g/mol. The number of carbonyl (C=O) groups is 1. The van der Waals surface area contributed by atoms with E-state index < -0.39 is 5.97 Å². The topological polar surface area (TPSA) is 83.4 Å². The van der Waals surface area contributed by atoms with Gasteiger partial charge in [-0.2, -0.15) is 5.10 Å². The van der Waals surface area contributed by atoms with Crippen molar-refractivity contribution in [2.45, 2.75) is 27.3 Å². The summed E-state index contributed by atoms with van der Waals surface area (Å²) in [5.41, 5.74) is 6.25. The Kier molecular flexibility index (Phi) is 5.05. The van der Waals surface area contributed by atoms with Gasteiger partial charge in [-0.05, 0) is 56.2 Å². The number of nitrogens with zero attached hydrogens (tertiary/aromatic N) is 5. The summed E-state index contributed by atoms with van der Waals surface area (Å²) in [4.78, 5) is 30.3. The number of para-hydroxylation sites is 1. The van der Waals surface area contributed by atoms with E-state index in [-0.39, 0.29) is 18.8 Å². The number of carbonyl (C=O) groups excluding carboxylic acids is 1. The van der Waals surface area contributed by atoms with E-state index in [0.29, 0.717) is 11.2 Å². The van der Waals surface area contributed by atoms with E-state index in [1.807, 2.05) is 62.5 Å². The van der Waals surface area contributed by atoms with Crippen LogP contribution < -0.4 is 5.69 Å². The maximum atomic E-state index is 13.5. The van der Waals surface area contributed by atoms with Crippen molar-refractivity contribution in [2.24, 2.45) is 0 Å². The van der Waals surface area contributed by atoms with Crippen LogP contribution in [0.3, 0.4) is 0 Å². The summed E-state index contributed by atoms with van der Waals surface area (Å²) in [6.45, 7) is 5.76. The highest BCUT2D eigenvalue weighted by atomic mass is 16.5. The van der Waals surface area contributed by atoms with Crippen LogP contribution in [0, 0.1) is 13.8 Å². The summed E-state index contributed by atoms with van der Waals surface area (Å²) in [5.74, 6) is -0.446. The van der Waals surface area contributed by atoms with Crippen molar-refractivity contribution in [3.63, 3.8) is 0 Å². The SMILES string of the molecule is CCOC(=O)Cn1c(=O)n(-c2cnc(-c3cnn4ccccc34)cc2C)c2c(C)cccc21. The molecule has 0 unspecified atom stereocenters. The van der Waals surface area contributed by atoms with Crippen molar-refractivity contribution < 1.29 is 9.53 Å². The Bertz CT molecular complexity index is 1570. The van der Waals surface area contributed by atoms with Crippen LogP contribution in [0.25, 0.3) is 33.5 Å². The zero-order valence-corrected chi connectivity index (χ0v) is 18.6. The number of hydrogen-bond acceptors (Lipinski definition) is 5. The first kappa shape index (κ1) is 20.7. The number of hydrogen-bond donors (Lipinski definition) is 0. The molecular formula is C25H23N5O3. The van der Waals surface area contributed by atoms with Crippen LogP contribution in [0.2, 0.25) is 0 Å². The van der Waals surface area contributed by atoms with Gasteiger partial charge in [0, 0.05) is 11.8 Å². The molecule has 33 heavy (non-hydrogen) atoms. The zero-order valence-electron chi connectivity index (χ0n) is 18.6. The molecule has 0 radical (unpaired) electrons. The van der Waals surface area contributed by atoms with Gasteiger partial charge in [-0.25, -0.2) is 9.31 Å². The van der Waals surface area contributed by atoms with Crippen molar-refractivity contribution in [1.82, 2.24) is 23.7 Å². The van der Waals surface area contributed by atoms with Crippen molar-refractivity contribution in [3.8, 4) is 16.9 Å². The molecule has 4 aromatic heterocycles. The fourth-order valence-electron chi connectivity index (χ4n) is 4.25. The molecule has 8 nitrogen and oxygen atoms in total. The Labute approximate surface area is 189 Å². The third-order valence-electron chi connectivity index (χ3n) is 5.77. The maximum absolute atomic E-state index is 13.5. The van der Waals surface area contributed by atoms with Crippen LogP contribution in [0.5, 0.6) is 0 Å². The molecular weight excluding hydrogens is 418 g/mol.